The number of anilines is 2. The Morgan fingerprint density at radius 3 is 2.36 bits per heavy atom. The summed E-state index contributed by atoms with van der Waals surface area (Å²) in [6.07, 6.45) is 1.29. The van der Waals surface area contributed by atoms with Crippen LogP contribution in [0, 0.1) is 0 Å². The van der Waals surface area contributed by atoms with Gasteiger partial charge in [0.2, 0.25) is 5.91 Å². The molecule has 0 spiro atoms. The first kappa shape index (κ1) is 22.5. The van der Waals surface area contributed by atoms with E-state index in [-0.39, 0.29) is 11.8 Å². The standard InChI is InChI=1S/C28H29N3O2/c1-4-20-13-9-11-17-23(20)30-27(32)24(5-2)31-25-18-12-10-16-22(25)26(29-19(3)28(31)33)21-14-7-6-8-15-21/h6-19,24H,4-5H2,1-3H3,(H,30,32). The topological polar surface area (TPSA) is 61.8 Å². The van der Waals surface area contributed by atoms with E-state index in [0.29, 0.717) is 12.1 Å². The average molecular weight is 440 g/mol. The van der Waals surface area contributed by atoms with Crippen molar-refractivity contribution >= 4 is 28.9 Å². The number of para-hydroxylation sites is 2. The largest absolute Gasteiger partial charge is 0.324 e. The normalized spacial score (nSPS) is 16.5. The molecule has 0 aliphatic carbocycles. The maximum atomic E-state index is 13.6. The third-order valence-corrected chi connectivity index (χ3v) is 6.04. The zero-order valence-corrected chi connectivity index (χ0v) is 19.3. The van der Waals surface area contributed by atoms with Crippen LogP contribution in [0.25, 0.3) is 0 Å². The molecule has 4 rings (SSSR count). The van der Waals surface area contributed by atoms with Gasteiger partial charge in [0.15, 0.2) is 0 Å². The Kier molecular flexibility index (Phi) is 6.68. The van der Waals surface area contributed by atoms with Crippen molar-refractivity contribution in [3.8, 4) is 0 Å². The van der Waals surface area contributed by atoms with Crippen LogP contribution in [0.2, 0.25) is 0 Å². The minimum absolute atomic E-state index is 0.181. The van der Waals surface area contributed by atoms with E-state index >= 15 is 0 Å². The summed E-state index contributed by atoms with van der Waals surface area (Å²) in [5.74, 6) is -0.379. The van der Waals surface area contributed by atoms with E-state index in [1.807, 2.05) is 85.8 Å². The third kappa shape index (κ3) is 4.44. The van der Waals surface area contributed by atoms with Crippen molar-refractivity contribution in [3.63, 3.8) is 0 Å². The first-order valence-electron chi connectivity index (χ1n) is 11.5. The Hall–Kier alpha value is -3.73. The molecule has 1 N–H and O–H groups in total. The maximum absolute atomic E-state index is 13.6. The van der Waals surface area contributed by atoms with Crippen LogP contribution in [0.15, 0.2) is 83.9 Å². The molecule has 1 aliphatic rings. The number of hydrogen-bond donors (Lipinski definition) is 1. The van der Waals surface area contributed by atoms with Crippen LogP contribution in [0.3, 0.4) is 0 Å². The fraction of sp³-hybridized carbons (Fsp3) is 0.250. The van der Waals surface area contributed by atoms with Crippen molar-refractivity contribution < 1.29 is 9.59 Å². The van der Waals surface area contributed by atoms with Gasteiger partial charge in [0.1, 0.15) is 12.1 Å². The highest BCUT2D eigenvalue weighted by Crippen LogP contribution is 2.31. The summed E-state index contributed by atoms with van der Waals surface area (Å²) in [6.45, 7) is 5.78. The van der Waals surface area contributed by atoms with Crippen LogP contribution in [-0.4, -0.2) is 29.6 Å². The van der Waals surface area contributed by atoms with E-state index in [0.717, 1.165) is 34.5 Å². The fourth-order valence-electron chi connectivity index (χ4n) is 4.32. The fourth-order valence-corrected chi connectivity index (χ4v) is 4.32. The van der Waals surface area contributed by atoms with Crippen molar-refractivity contribution in [1.29, 1.82) is 0 Å². The van der Waals surface area contributed by atoms with Crippen LogP contribution >= 0.6 is 0 Å². The molecule has 2 unspecified atom stereocenters. The maximum Gasteiger partial charge on any atom is 0.252 e. The van der Waals surface area contributed by atoms with E-state index in [1.54, 1.807) is 11.8 Å². The Labute approximate surface area is 195 Å². The molecule has 3 aromatic carbocycles. The molecule has 2 atom stereocenters. The molecular formula is C28H29N3O2. The van der Waals surface area contributed by atoms with Gasteiger partial charge >= 0.3 is 0 Å². The highest BCUT2D eigenvalue weighted by Gasteiger charge is 2.36. The van der Waals surface area contributed by atoms with Gasteiger partial charge in [-0.05, 0) is 37.5 Å². The van der Waals surface area contributed by atoms with E-state index in [9.17, 15) is 9.59 Å². The number of carbonyl (C=O) groups excluding carboxylic acids is 2. The highest BCUT2D eigenvalue weighted by molar-refractivity contribution is 6.21. The highest BCUT2D eigenvalue weighted by atomic mass is 16.2. The molecule has 0 fully saturated rings. The van der Waals surface area contributed by atoms with Crippen molar-refractivity contribution in [3.05, 3.63) is 95.6 Å². The van der Waals surface area contributed by atoms with E-state index in [2.05, 4.69) is 12.2 Å². The molecule has 1 aliphatic heterocycles. The molecule has 168 valence electrons. The van der Waals surface area contributed by atoms with Crippen LogP contribution in [0.4, 0.5) is 11.4 Å². The molecule has 0 saturated heterocycles. The Balaban J connectivity index is 1.77. The number of fused-ring (bicyclic) bond motifs is 1. The number of hydrogen-bond acceptors (Lipinski definition) is 3. The molecule has 2 amide bonds. The quantitative estimate of drug-likeness (QED) is 0.571. The van der Waals surface area contributed by atoms with Crippen molar-refractivity contribution in [2.45, 2.75) is 45.7 Å². The number of aryl methyl sites for hydroxylation is 1. The minimum atomic E-state index is -0.656. The summed E-state index contributed by atoms with van der Waals surface area (Å²) in [4.78, 5) is 33.5. The Bertz CT molecular complexity index is 1190. The lowest BCUT2D eigenvalue weighted by molar-refractivity contribution is -0.124. The van der Waals surface area contributed by atoms with Crippen molar-refractivity contribution in [1.82, 2.24) is 0 Å². The number of benzene rings is 3. The van der Waals surface area contributed by atoms with Crippen LogP contribution < -0.4 is 10.2 Å². The number of rotatable bonds is 6. The van der Waals surface area contributed by atoms with Gasteiger partial charge in [0, 0.05) is 16.8 Å². The monoisotopic (exact) mass is 439 g/mol. The summed E-state index contributed by atoms with van der Waals surface area (Å²) in [7, 11) is 0. The first-order chi connectivity index (χ1) is 16.0. The van der Waals surface area contributed by atoms with Gasteiger partial charge in [-0.25, -0.2) is 0 Å². The molecule has 1 heterocycles. The lowest BCUT2D eigenvalue weighted by atomic mass is 9.99. The summed E-state index contributed by atoms with van der Waals surface area (Å²) in [6, 6.07) is 24.1. The van der Waals surface area contributed by atoms with Crippen LogP contribution in [-0.2, 0) is 16.0 Å². The molecule has 3 aromatic rings. The second-order valence-corrected chi connectivity index (χ2v) is 8.17. The number of carbonyl (C=O) groups is 2. The molecule has 5 nitrogen and oxygen atoms in total. The average Bonchev–Trinajstić information content (AvgIpc) is 2.96. The zero-order valence-electron chi connectivity index (χ0n) is 19.3. The Morgan fingerprint density at radius 2 is 1.64 bits per heavy atom. The second kappa shape index (κ2) is 9.82. The zero-order chi connectivity index (χ0) is 23.4. The van der Waals surface area contributed by atoms with Crippen molar-refractivity contribution in [2.24, 2.45) is 4.99 Å². The molecule has 0 radical (unpaired) electrons. The number of benzodiazepines with no additional fused rings is 1. The third-order valence-electron chi connectivity index (χ3n) is 6.04. The van der Waals surface area contributed by atoms with Crippen LogP contribution in [0.5, 0.6) is 0 Å². The summed E-state index contributed by atoms with van der Waals surface area (Å²) < 4.78 is 0. The summed E-state index contributed by atoms with van der Waals surface area (Å²) >= 11 is 0. The predicted octanol–water partition coefficient (Wildman–Crippen LogP) is 5.24. The molecule has 33 heavy (non-hydrogen) atoms. The molecule has 0 saturated carbocycles. The number of nitrogens with zero attached hydrogens (tertiary/aromatic N) is 2. The number of aliphatic imine (C=N–C) groups is 1. The van der Waals surface area contributed by atoms with E-state index < -0.39 is 12.1 Å². The van der Waals surface area contributed by atoms with Gasteiger partial charge in [-0.3, -0.25) is 19.5 Å². The first-order valence-corrected chi connectivity index (χ1v) is 11.5. The SMILES string of the molecule is CCc1ccccc1NC(=O)C(CC)N1C(=O)C(C)N=C(c2ccccc2)c2ccccc21. The van der Waals surface area contributed by atoms with E-state index in [4.69, 9.17) is 4.99 Å². The van der Waals surface area contributed by atoms with Gasteiger partial charge in [-0.15, -0.1) is 0 Å². The van der Waals surface area contributed by atoms with Gasteiger partial charge in [0.05, 0.1) is 11.4 Å². The summed E-state index contributed by atoms with van der Waals surface area (Å²) in [5.41, 5.74) is 5.11. The molecule has 0 bridgehead atoms. The minimum Gasteiger partial charge on any atom is -0.324 e. The van der Waals surface area contributed by atoms with Gasteiger partial charge in [-0.1, -0.05) is 80.6 Å². The lowest BCUT2D eigenvalue weighted by Crippen LogP contribution is -2.50. The summed E-state index contributed by atoms with van der Waals surface area (Å²) in [5, 5.41) is 3.07. The van der Waals surface area contributed by atoms with Gasteiger partial charge in [-0.2, -0.15) is 0 Å². The smallest absolute Gasteiger partial charge is 0.252 e. The molecular weight excluding hydrogens is 410 g/mol. The van der Waals surface area contributed by atoms with Crippen molar-refractivity contribution in [2.75, 3.05) is 10.2 Å². The predicted molar refractivity (Wildman–Crippen MR) is 134 cm³/mol. The Morgan fingerprint density at radius 1 is 0.970 bits per heavy atom. The second-order valence-electron chi connectivity index (χ2n) is 8.17. The van der Waals surface area contributed by atoms with Gasteiger partial charge < -0.3 is 5.32 Å². The lowest BCUT2D eigenvalue weighted by Gasteiger charge is -2.31. The van der Waals surface area contributed by atoms with E-state index in [1.165, 1.54) is 0 Å². The molecule has 5 heteroatoms. The number of amides is 2. The van der Waals surface area contributed by atoms with Gasteiger partial charge in [0.25, 0.3) is 5.91 Å². The number of nitrogens with one attached hydrogen (secondary N) is 1. The van der Waals surface area contributed by atoms with Crippen LogP contribution in [0.1, 0.15) is 43.9 Å². The molecule has 0 aromatic heterocycles.